The first-order valence-electron chi connectivity index (χ1n) is 8.40. The minimum atomic E-state index is -0.525. The van der Waals surface area contributed by atoms with Gasteiger partial charge in [0.05, 0.1) is 19.1 Å². The van der Waals surface area contributed by atoms with Gasteiger partial charge in [-0.1, -0.05) is 12.1 Å². The van der Waals surface area contributed by atoms with Gasteiger partial charge >= 0.3 is 11.6 Å². The Morgan fingerprint density at radius 2 is 1.93 bits per heavy atom. The quantitative estimate of drug-likeness (QED) is 0.311. The fourth-order valence-electron chi connectivity index (χ4n) is 2.94. The lowest BCUT2D eigenvalue weighted by Crippen LogP contribution is -2.16. The normalized spacial score (nSPS) is 10.8. The number of carbonyl (C=O) groups excluding carboxylic acids is 1. The van der Waals surface area contributed by atoms with Gasteiger partial charge in [0.2, 0.25) is 0 Å². The minimum Gasteiger partial charge on any atom is -0.488 e. The molecule has 0 amide bonds. The average molecular weight is 478 g/mol. The van der Waals surface area contributed by atoms with Crippen LogP contribution in [0.4, 0.5) is 0 Å². The van der Waals surface area contributed by atoms with Gasteiger partial charge in [0.1, 0.15) is 17.9 Å². The van der Waals surface area contributed by atoms with E-state index in [2.05, 4.69) is 33.4 Å². The third-order valence-corrected chi connectivity index (χ3v) is 5.16. The van der Waals surface area contributed by atoms with Crippen LogP contribution in [0.3, 0.4) is 0 Å². The van der Waals surface area contributed by atoms with E-state index in [0.717, 1.165) is 25.6 Å². The molecule has 0 N–H and O–H groups in total. The summed E-state index contributed by atoms with van der Waals surface area (Å²) in [7, 11) is 1.29. The van der Waals surface area contributed by atoms with Gasteiger partial charge in [0, 0.05) is 14.5 Å². The standard InChI is InChI=1S/C21H19IO5/c1-12-16-7-8-18(26-11-14-5-4-6-15(22)9-14)13(2)20(16)27-21(24)17(12)10-19(23)25-3/h4-9H,10-11H2,1-3H3. The molecular weight excluding hydrogens is 459 g/mol. The highest BCUT2D eigenvalue weighted by Gasteiger charge is 2.17. The van der Waals surface area contributed by atoms with Gasteiger partial charge in [0.15, 0.2) is 0 Å². The number of methoxy groups -OCH3 is 1. The summed E-state index contributed by atoms with van der Waals surface area (Å²) < 4.78 is 17.3. The zero-order valence-electron chi connectivity index (χ0n) is 15.3. The van der Waals surface area contributed by atoms with Crippen molar-refractivity contribution in [3.63, 3.8) is 0 Å². The number of carbonyl (C=O) groups is 1. The maximum atomic E-state index is 12.4. The number of fused-ring (bicyclic) bond motifs is 1. The summed E-state index contributed by atoms with van der Waals surface area (Å²) in [6.45, 7) is 4.09. The monoisotopic (exact) mass is 478 g/mol. The smallest absolute Gasteiger partial charge is 0.340 e. The molecule has 0 unspecified atom stereocenters. The molecule has 0 radical (unpaired) electrons. The van der Waals surface area contributed by atoms with Crippen LogP contribution < -0.4 is 10.4 Å². The van der Waals surface area contributed by atoms with Crippen molar-refractivity contribution < 1.29 is 18.7 Å². The Morgan fingerprint density at radius 3 is 2.63 bits per heavy atom. The Hall–Kier alpha value is -2.35. The molecule has 6 heteroatoms. The van der Waals surface area contributed by atoms with Crippen LogP contribution in [0, 0.1) is 17.4 Å². The number of ether oxygens (including phenoxy) is 2. The van der Waals surface area contributed by atoms with E-state index in [-0.39, 0.29) is 6.42 Å². The van der Waals surface area contributed by atoms with Gasteiger partial charge in [-0.05, 0) is 71.8 Å². The lowest BCUT2D eigenvalue weighted by Gasteiger charge is -2.13. The second kappa shape index (κ2) is 8.12. The summed E-state index contributed by atoms with van der Waals surface area (Å²) in [6, 6.07) is 11.8. The van der Waals surface area contributed by atoms with Crippen molar-refractivity contribution in [2.24, 2.45) is 0 Å². The molecular formula is C21H19IO5. The van der Waals surface area contributed by atoms with Crippen LogP contribution in [0.1, 0.15) is 22.3 Å². The highest BCUT2D eigenvalue weighted by Crippen LogP contribution is 2.30. The summed E-state index contributed by atoms with van der Waals surface area (Å²) in [5, 5.41) is 0.785. The molecule has 3 rings (SSSR count). The lowest BCUT2D eigenvalue weighted by molar-refractivity contribution is -0.139. The van der Waals surface area contributed by atoms with Crippen LogP contribution >= 0.6 is 22.6 Å². The topological polar surface area (TPSA) is 65.7 Å². The van der Waals surface area contributed by atoms with E-state index in [9.17, 15) is 9.59 Å². The Bertz CT molecular complexity index is 1070. The van der Waals surface area contributed by atoms with E-state index in [1.54, 1.807) is 0 Å². The summed E-state index contributed by atoms with van der Waals surface area (Å²) in [5.74, 6) is 0.184. The summed E-state index contributed by atoms with van der Waals surface area (Å²) in [4.78, 5) is 23.9. The molecule has 5 nitrogen and oxygen atoms in total. The second-order valence-electron chi connectivity index (χ2n) is 6.23. The minimum absolute atomic E-state index is 0.107. The van der Waals surface area contributed by atoms with E-state index in [0.29, 0.717) is 23.5 Å². The van der Waals surface area contributed by atoms with Crippen molar-refractivity contribution in [1.82, 2.24) is 0 Å². The van der Waals surface area contributed by atoms with E-state index >= 15 is 0 Å². The molecule has 0 bridgehead atoms. The number of hydrogen-bond acceptors (Lipinski definition) is 5. The molecule has 0 fully saturated rings. The first kappa shape index (κ1) is 19.4. The van der Waals surface area contributed by atoms with Gasteiger partial charge in [0.25, 0.3) is 0 Å². The molecule has 1 aromatic heterocycles. The largest absolute Gasteiger partial charge is 0.488 e. The molecule has 1 heterocycles. The summed E-state index contributed by atoms with van der Waals surface area (Å²) in [5.41, 5.74) is 2.81. The predicted octanol–water partition coefficient (Wildman–Crippen LogP) is 4.31. The van der Waals surface area contributed by atoms with Crippen LogP contribution in [-0.2, 0) is 22.6 Å². The Kier molecular flexibility index (Phi) is 5.84. The van der Waals surface area contributed by atoms with Crippen molar-refractivity contribution in [3.8, 4) is 5.75 Å². The number of hydrogen-bond donors (Lipinski definition) is 0. The van der Waals surface area contributed by atoms with E-state index < -0.39 is 11.6 Å². The van der Waals surface area contributed by atoms with Gasteiger partial charge in [-0.3, -0.25) is 4.79 Å². The van der Waals surface area contributed by atoms with Crippen LogP contribution in [0.5, 0.6) is 5.75 Å². The molecule has 0 atom stereocenters. The number of benzene rings is 2. The van der Waals surface area contributed by atoms with Gasteiger partial charge in [-0.25, -0.2) is 4.79 Å². The highest BCUT2D eigenvalue weighted by atomic mass is 127. The SMILES string of the molecule is COC(=O)Cc1c(C)c2ccc(OCc3cccc(I)c3)c(C)c2oc1=O. The molecule has 0 aliphatic rings. The van der Waals surface area contributed by atoms with Gasteiger partial charge in [-0.15, -0.1) is 0 Å². The maximum Gasteiger partial charge on any atom is 0.340 e. The predicted molar refractivity (Wildman–Crippen MR) is 111 cm³/mol. The number of rotatable bonds is 5. The lowest BCUT2D eigenvalue weighted by atomic mass is 10.0. The number of esters is 1. The molecule has 3 aromatic rings. The van der Waals surface area contributed by atoms with Crippen LogP contribution in [0.2, 0.25) is 0 Å². The Morgan fingerprint density at radius 1 is 1.15 bits per heavy atom. The highest BCUT2D eigenvalue weighted by molar-refractivity contribution is 14.1. The molecule has 0 saturated carbocycles. The van der Waals surface area contributed by atoms with Crippen molar-refractivity contribution in [2.75, 3.05) is 7.11 Å². The molecule has 0 spiro atoms. The molecule has 0 saturated heterocycles. The zero-order valence-corrected chi connectivity index (χ0v) is 17.5. The molecule has 27 heavy (non-hydrogen) atoms. The molecule has 0 aliphatic carbocycles. The fraction of sp³-hybridized carbons (Fsp3) is 0.238. The van der Waals surface area contributed by atoms with Crippen molar-refractivity contribution in [3.05, 3.63) is 72.6 Å². The van der Waals surface area contributed by atoms with E-state index in [4.69, 9.17) is 9.15 Å². The summed E-state index contributed by atoms with van der Waals surface area (Å²) >= 11 is 2.26. The van der Waals surface area contributed by atoms with Gasteiger partial charge in [-0.2, -0.15) is 0 Å². The first-order valence-corrected chi connectivity index (χ1v) is 9.48. The summed E-state index contributed by atoms with van der Waals surface area (Å²) in [6.07, 6.45) is -0.107. The zero-order chi connectivity index (χ0) is 19.6. The van der Waals surface area contributed by atoms with Crippen molar-refractivity contribution in [1.29, 1.82) is 0 Å². The van der Waals surface area contributed by atoms with Crippen molar-refractivity contribution in [2.45, 2.75) is 26.9 Å². The van der Waals surface area contributed by atoms with Crippen LogP contribution in [-0.4, -0.2) is 13.1 Å². The fourth-order valence-corrected chi connectivity index (χ4v) is 3.54. The van der Waals surface area contributed by atoms with Gasteiger partial charge < -0.3 is 13.9 Å². The van der Waals surface area contributed by atoms with Crippen molar-refractivity contribution >= 4 is 39.5 Å². The molecule has 0 aliphatic heterocycles. The number of halogens is 1. The van der Waals surface area contributed by atoms with E-state index in [1.807, 2.05) is 44.2 Å². The average Bonchev–Trinajstić information content (AvgIpc) is 2.65. The molecule has 140 valence electrons. The van der Waals surface area contributed by atoms with E-state index in [1.165, 1.54) is 7.11 Å². The second-order valence-corrected chi connectivity index (χ2v) is 7.48. The van der Waals surface area contributed by atoms with Crippen LogP contribution in [0.15, 0.2) is 45.6 Å². The maximum absolute atomic E-state index is 12.4. The third kappa shape index (κ3) is 4.16. The Labute approximate surface area is 170 Å². The number of aryl methyl sites for hydroxylation is 2. The molecule has 2 aromatic carbocycles. The van der Waals surface area contributed by atoms with Crippen LogP contribution in [0.25, 0.3) is 11.0 Å². The third-order valence-electron chi connectivity index (χ3n) is 4.49. The Balaban J connectivity index is 1.96. The first-order chi connectivity index (χ1) is 12.9.